The van der Waals surface area contributed by atoms with Crippen LogP contribution in [0.15, 0.2) is 76.9 Å². The van der Waals surface area contributed by atoms with Crippen molar-refractivity contribution < 1.29 is 23.9 Å². The van der Waals surface area contributed by atoms with Gasteiger partial charge in [-0.3, -0.25) is 14.4 Å². The van der Waals surface area contributed by atoms with E-state index < -0.39 is 5.97 Å². The van der Waals surface area contributed by atoms with Crippen molar-refractivity contribution in [2.24, 2.45) is 5.41 Å². The highest BCUT2D eigenvalue weighted by molar-refractivity contribution is 6.01. The summed E-state index contributed by atoms with van der Waals surface area (Å²) in [5, 5.41) is 2.76. The molecule has 1 aliphatic rings. The van der Waals surface area contributed by atoms with Crippen molar-refractivity contribution in [2.75, 3.05) is 5.32 Å². The molecule has 1 aliphatic carbocycles. The highest BCUT2D eigenvalue weighted by Gasteiger charge is 2.26. The maximum atomic E-state index is 12.7. The van der Waals surface area contributed by atoms with Crippen LogP contribution < -0.4 is 14.8 Å². The number of hydrogen-bond acceptors (Lipinski definition) is 5. The van der Waals surface area contributed by atoms with Gasteiger partial charge in [0.15, 0.2) is 5.75 Å². The lowest BCUT2D eigenvalue weighted by molar-refractivity contribution is -0.134. The summed E-state index contributed by atoms with van der Waals surface area (Å²) < 4.78 is 10.8. The minimum atomic E-state index is -0.431. The van der Waals surface area contributed by atoms with Gasteiger partial charge < -0.3 is 14.8 Å². The van der Waals surface area contributed by atoms with Crippen LogP contribution in [-0.2, 0) is 14.4 Å². The molecule has 6 heteroatoms. The van der Waals surface area contributed by atoms with Crippen LogP contribution in [0.3, 0.4) is 0 Å². The highest BCUT2D eigenvalue weighted by atomic mass is 16.5. The molecule has 0 aliphatic heterocycles. The quantitative estimate of drug-likeness (QED) is 0.123. The van der Waals surface area contributed by atoms with Gasteiger partial charge in [0.2, 0.25) is 5.91 Å². The molecule has 0 heterocycles. The number of anilines is 1. The molecule has 2 rings (SSSR count). The Morgan fingerprint density at radius 2 is 1.65 bits per heavy atom. The number of carbonyl (C=O) groups excluding carboxylic acids is 3. The van der Waals surface area contributed by atoms with Crippen LogP contribution in [0.1, 0.15) is 93.4 Å². The average Bonchev–Trinajstić information content (AvgIpc) is 2.85. The van der Waals surface area contributed by atoms with Crippen molar-refractivity contribution in [1.82, 2.24) is 0 Å². The van der Waals surface area contributed by atoms with E-state index in [2.05, 4.69) is 45.2 Å². The number of benzene rings is 1. The monoisotopic (exact) mass is 547 g/mol. The van der Waals surface area contributed by atoms with Gasteiger partial charge in [0.1, 0.15) is 5.75 Å². The minimum Gasteiger partial charge on any atom is -0.426 e. The Labute approximate surface area is 239 Å². The third-order valence-corrected chi connectivity index (χ3v) is 6.71. The van der Waals surface area contributed by atoms with Gasteiger partial charge in [0, 0.05) is 25.0 Å². The van der Waals surface area contributed by atoms with Crippen LogP contribution >= 0.6 is 0 Å². The van der Waals surface area contributed by atoms with Crippen LogP contribution in [0.2, 0.25) is 0 Å². The van der Waals surface area contributed by atoms with Crippen LogP contribution in [0.4, 0.5) is 5.69 Å². The standard InChI is InChI=1S/C34H45NO5/c1-8-12-32(37)39-27-18-20-29(30(23-27)40-33(38)13-9-2)35-31(36)22-25(4)15-10-14-24(3)17-19-28-26(5)16-11-21-34(28,6)7/h10,14-15,17-20,22-23H,8-9,11-13,16,21H2,1-7H3,(H,35,36)/b15-10+,19-17+,24-14-,25-22+. The van der Waals surface area contributed by atoms with Crippen molar-refractivity contribution in [3.05, 3.63) is 76.9 Å². The molecule has 0 aromatic heterocycles. The molecule has 0 saturated carbocycles. The molecule has 1 N–H and O–H groups in total. The molecule has 6 nitrogen and oxygen atoms in total. The first kappa shape index (κ1) is 32.5. The number of amides is 1. The molecule has 0 bridgehead atoms. The Kier molecular flexibility index (Phi) is 12.9. The summed E-state index contributed by atoms with van der Waals surface area (Å²) in [6, 6.07) is 4.56. The number of hydrogen-bond donors (Lipinski definition) is 1. The molecular formula is C34H45NO5. The Bertz CT molecular complexity index is 1230. The second-order valence-electron chi connectivity index (χ2n) is 11.0. The molecule has 40 heavy (non-hydrogen) atoms. The molecule has 1 aromatic rings. The highest BCUT2D eigenvalue weighted by Crippen LogP contribution is 2.40. The maximum Gasteiger partial charge on any atom is 0.311 e. The first-order valence-corrected chi connectivity index (χ1v) is 14.2. The zero-order valence-corrected chi connectivity index (χ0v) is 25.2. The topological polar surface area (TPSA) is 81.7 Å². The summed E-state index contributed by atoms with van der Waals surface area (Å²) in [7, 11) is 0. The number of nitrogens with one attached hydrogen (secondary N) is 1. The predicted octanol–water partition coefficient (Wildman–Crippen LogP) is 8.57. The van der Waals surface area contributed by atoms with Gasteiger partial charge in [-0.1, -0.05) is 69.2 Å². The second kappa shape index (κ2) is 15.8. The first-order chi connectivity index (χ1) is 18.9. The molecule has 1 aromatic carbocycles. The van der Waals surface area contributed by atoms with Gasteiger partial charge in [-0.2, -0.15) is 0 Å². The zero-order chi connectivity index (χ0) is 29.7. The molecule has 0 radical (unpaired) electrons. The van der Waals surface area contributed by atoms with Gasteiger partial charge in [-0.25, -0.2) is 0 Å². The third-order valence-electron chi connectivity index (χ3n) is 6.71. The fourth-order valence-corrected chi connectivity index (χ4v) is 4.57. The fraction of sp³-hybridized carbons (Fsp3) is 0.441. The van der Waals surface area contributed by atoms with E-state index in [0.717, 1.165) is 17.6 Å². The maximum absolute atomic E-state index is 12.7. The van der Waals surface area contributed by atoms with Crippen LogP contribution in [0.25, 0.3) is 0 Å². The summed E-state index contributed by atoms with van der Waals surface area (Å²) in [5.74, 6) is -0.792. The van der Waals surface area contributed by atoms with Gasteiger partial charge in [-0.05, 0) is 81.6 Å². The van der Waals surface area contributed by atoms with E-state index in [9.17, 15) is 14.4 Å². The number of ether oxygens (including phenoxy) is 2. The minimum absolute atomic E-state index is 0.132. The Balaban J connectivity index is 2.10. The lowest BCUT2D eigenvalue weighted by Crippen LogP contribution is -2.19. The van der Waals surface area contributed by atoms with Gasteiger partial charge in [-0.15, -0.1) is 0 Å². The summed E-state index contributed by atoms with van der Waals surface area (Å²) >= 11 is 0. The van der Waals surface area contributed by atoms with Crippen molar-refractivity contribution in [3.8, 4) is 11.5 Å². The Morgan fingerprint density at radius 1 is 0.975 bits per heavy atom. The summed E-state index contributed by atoms with van der Waals surface area (Å²) in [6.45, 7) is 14.5. The molecule has 0 atom stereocenters. The smallest absolute Gasteiger partial charge is 0.311 e. The SMILES string of the molecule is CCCC(=O)Oc1ccc(NC(=O)/C=C(C)/C=C/C=C(C)\C=C\C2=C(C)CCCC2(C)C)c(OC(=O)CCC)c1. The fourth-order valence-electron chi connectivity index (χ4n) is 4.57. The molecule has 0 spiro atoms. The second-order valence-corrected chi connectivity index (χ2v) is 11.0. The lowest BCUT2D eigenvalue weighted by Gasteiger charge is -2.32. The third kappa shape index (κ3) is 10.8. The van der Waals surface area contributed by atoms with Crippen molar-refractivity contribution in [1.29, 1.82) is 0 Å². The predicted molar refractivity (Wildman–Crippen MR) is 162 cm³/mol. The normalized spacial score (nSPS) is 16.0. The van der Waals surface area contributed by atoms with E-state index in [0.29, 0.717) is 18.5 Å². The van der Waals surface area contributed by atoms with E-state index in [4.69, 9.17) is 9.47 Å². The lowest BCUT2D eigenvalue weighted by atomic mass is 9.72. The van der Waals surface area contributed by atoms with Crippen molar-refractivity contribution >= 4 is 23.5 Å². The van der Waals surface area contributed by atoms with E-state index in [-0.39, 0.29) is 41.6 Å². The van der Waals surface area contributed by atoms with Gasteiger partial charge in [0.05, 0.1) is 5.69 Å². The molecule has 0 unspecified atom stereocenters. The summed E-state index contributed by atoms with van der Waals surface area (Å²) in [6.07, 6.45) is 17.1. The van der Waals surface area contributed by atoms with E-state index >= 15 is 0 Å². The van der Waals surface area contributed by atoms with E-state index in [1.54, 1.807) is 12.1 Å². The molecular weight excluding hydrogens is 502 g/mol. The molecule has 0 saturated heterocycles. The summed E-state index contributed by atoms with van der Waals surface area (Å²) in [4.78, 5) is 36.8. The van der Waals surface area contributed by atoms with Crippen molar-refractivity contribution in [3.63, 3.8) is 0 Å². The largest absolute Gasteiger partial charge is 0.426 e. The first-order valence-electron chi connectivity index (χ1n) is 14.2. The number of carbonyl (C=O) groups is 3. The van der Waals surface area contributed by atoms with Crippen molar-refractivity contribution in [2.45, 2.75) is 93.4 Å². The van der Waals surface area contributed by atoms with E-state index in [1.807, 2.05) is 39.0 Å². The Hall–Kier alpha value is -3.67. The van der Waals surface area contributed by atoms with E-state index in [1.165, 1.54) is 36.1 Å². The number of esters is 2. The summed E-state index contributed by atoms with van der Waals surface area (Å²) in [5.41, 5.74) is 5.29. The zero-order valence-electron chi connectivity index (χ0n) is 25.2. The molecule has 1 amide bonds. The molecule has 216 valence electrons. The van der Waals surface area contributed by atoms with Crippen LogP contribution in [0.5, 0.6) is 11.5 Å². The van der Waals surface area contributed by atoms with Gasteiger partial charge >= 0.3 is 11.9 Å². The van der Waals surface area contributed by atoms with Crippen LogP contribution in [-0.4, -0.2) is 17.8 Å². The van der Waals surface area contributed by atoms with Gasteiger partial charge in [0.25, 0.3) is 0 Å². The molecule has 0 fully saturated rings. The van der Waals surface area contributed by atoms with Crippen LogP contribution in [0, 0.1) is 5.41 Å². The number of allylic oxidation sites excluding steroid dienone is 9. The Morgan fingerprint density at radius 3 is 2.30 bits per heavy atom. The number of rotatable bonds is 12. The average molecular weight is 548 g/mol.